The molecule has 1 aromatic carbocycles. The van der Waals surface area contributed by atoms with Crippen LogP contribution in [0.25, 0.3) is 22.4 Å². The molecule has 1 aliphatic heterocycles. The topological polar surface area (TPSA) is 88.6 Å². The summed E-state index contributed by atoms with van der Waals surface area (Å²) >= 11 is 0. The SMILES string of the molecule is CN1CCC(=Nc2cccc3c2cc(-c2noc(CNC(=O)C4CCC4)n2)n3CC(F)(F)F)[C@@H](F)C1. The van der Waals surface area contributed by atoms with Crippen LogP contribution < -0.4 is 5.32 Å². The highest BCUT2D eigenvalue weighted by Crippen LogP contribution is 2.36. The number of hydrogen-bond donors (Lipinski definition) is 1. The Labute approximate surface area is 204 Å². The van der Waals surface area contributed by atoms with Crippen LogP contribution in [0.5, 0.6) is 0 Å². The highest BCUT2D eigenvalue weighted by atomic mass is 19.4. The van der Waals surface area contributed by atoms with Gasteiger partial charge in [0.2, 0.25) is 17.6 Å². The summed E-state index contributed by atoms with van der Waals surface area (Å²) in [7, 11) is 1.82. The van der Waals surface area contributed by atoms with Gasteiger partial charge in [0, 0.05) is 30.8 Å². The summed E-state index contributed by atoms with van der Waals surface area (Å²) < 4.78 is 61.4. The Kier molecular flexibility index (Phi) is 6.54. The summed E-state index contributed by atoms with van der Waals surface area (Å²) in [6, 6.07) is 6.32. The number of nitrogens with one attached hydrogen (secondary N) is 1. The van der Waals surface area contributed by atoms with E-state index in [4.69, 9.17) is 4.52 Å². The number of alkyl halides is 4. The summed E-state index contributed by atoms with van der Waals surface area (Å²) in [4.78, 5) is 22.7. The molecule has 0 spiro atoms. The van der Waals surface area contributed by atoms with Crippen LogP contribution in [0.15, 0.2) is 33.8 Å². The maximum Gasteiger partial charge on any atom is 0.406 e. The zero-order valence-corrected chi connectivity index (χ0v) is 19.7. The van der Waals surface area contributed by atoms with Crippen LogP contribution in [0.2, 0.25) is 0 Å². The number of hydrogen-bond acceptors (Lipinski definition) is 6. The second-order valence-electron chi connectivity index (χ2n) is 9.38. The molecule has 8 nitrogen and oxygen atoms in total. The molecule has 0 unspecified atom stereocenters. The smallest absolute Gasteiger partial charge is 0.347 e. The second kappa shape index (κ2) is 9.64. The van der Waals surface area contributed by atoms with E-state index in [1.54, 1.807) is 18.2 Å². The van der Waals surface area contributed by atoms with E-state index in [0.29, 0.717) is 29.8 Å². The van der Waals surface area contributed by atoms with E-state index in [2.05, 4.69) is 20.4 Å². The van der Waals surface area contributed by atoms with Crippen molar-refractivity contribution in [3.05, 3.63) is 30.2 Å². The van der Waals surface area contributed by atoms with Gasteiger partial charge in [-0.2, -0.15) is 18.2 Å². The normalized spacial score (nSPS) is 20.7. The van der Waals surface area contributed by atoms with Gasteiger partial charge in [-0.15, -0.1) is 0 Å². The van der Waals surface area contributed by atoms with Crippen LogP contribution in [0.1, 0.15) is 31.6 Å². The molecule has 5 rings (SSSR count). The van der Waals surface area contributed by atoms with Gasteiger partial charge in [-0.3, -0.25) is 9.79 Å². The molecule has 1 saturated heterocycles. The van der Waals surface area contributed by atoms with E-state index in [-0.39, 0.29) is 47.8 Å². The lowest BCUT2D eigenvalue weighted by atomic mass is 9.85. The number of amides is 1. The highest BCUT2D eigenvalue weighted by Gasteiger charge is 2.32. The van der Waals surface area contributed by atoms with Crippen molar-refractivity contribution in [1.82, 2.24) is 24.9 Å². The van der Waals surface area contributed by atoms with Crippen LogP contribution in [-0.2, 0) is 17.9 Å². The lowest BCUT2D eigenvalue weighted by Crippen LogP contribution is -2.39. The first-order chi connectivity index (χ1) is 17.2. The van der Waals surface area contributed by atoms with Gasteiger partial charge in [0.05, 0.1) is 29.2 Å². The van der Waals surface area contributed by atoms with Crippen LogP contribution in [0, 0.1) is 5.92 Å². The molecule has 0 radical (unpaired) electrons. The molecule has 1 atom stereocenters. The minimum absolute atomic E-state index is 0.00687. The lowest BCUT2D eigenvalue weighted by Gasteiger charge is -2.26. The fourth-order valence-corrected chi connectivity index (χ4v) is 4.52. The monoisotopic (exact) mass is 506 g/mol. The van der Waals surface area contributed by atoms with Crippen molar-refractivity contribution in [1.29, 1.82) is 0 Å². The molecule has 1 amide bonds. The fraction of sp³-hybridized carbons (Fsp3) is 0.500. The summed E-state index contributed by atoms with van der Waals surface area (Å²) in [6.45, 7) is -0.408. The van der Waals surface area contributed by atoms with E-state index in [1.807, 2.05) is 11.9 Å². The molecule has 3 aromatic rings. The van der Waals surface area contributed by atoms with Gasteiger partial charge in [0.15, 0.2) is 6.17 Å². The third-order valence-electron chi connectivity index (χ3n) is 6.69. The van der Waals surface area contributed by atoms with E-state index in [1.165, 1.54) is 6.07 Å². The first-order valence-electron chi connectivity index (χ1n) is 11.9. The lowest BCUT2D eigenvalue weighted by molar-refractivity contribution is -0.139. The molecule has 2 fully saturated rings. The average molecular weight is 507 g/mol. The van der Waals surface area contributed by atoms with Gasteiger partial charge in [-0.25, -0.2) is 4.39 Å². The Bertz CT molecular complexity index is 1290. The van der Waals surface area contributed by atoms with Crippen molar-refractivity contribution >= 4 is 28.2 Å². The number of nitrogens with zero attached hydrogens (tertiary/aromatic N) is 5. The Balaban J connectivity index is 1.49. The second-order valence-corrected chi connectivity index (χ2v) is 9.38. The van der Waals surface area contributed by atoms with Gasteiger partial charge in [0.1, 0.15) is 6.54 Å². The highest BCUT2D eigenvalue weighted by molar-refractivity contribution is 5.99. The van der Waals surface area contributed by atoms with Crippen LogP contribution in [0.4, 0.5) is 23.2 Å². The van der Waals surface area contributed by atoms with Crippen LogP contribution >= 0.6 is 0 Å². The zero-order chi connectivity index (χ0) is 25.4. The Morgan fingerprint density at radius 3 is 2.81 bits per heavy atom. The number of likely N-dealkylation sites (tertiary alicyclic amines) is 1. The summed E-state index contributed by atoms with van der Waals surface area (Å²) in [5.74, 6) is -0.0654. The molecule has 1 aliphatic carbocycles. The Morgan fingerprint density at radius 2 is 2.11 bits per heavy atom. The fourth-order valence-electron chi connectivity index (χ4n) is 4.52. The maximum absolute atomic E-state index is 14.6. The number of carbonyl (C=O) groups excluding carboxylic acids is 1. The predicted molar refractivity (Wildman–Crippen MR) is 125 cm³/mol. The largest absolute Gasteiger partial charge is 0.406 e. The van der Waals surface area contributed by atoms with E-state index >= 15 is 0 Å². The summed E-state index contributed by atoms with van der Waals surface area (Å²) in [5.41, 5.74) is 1.12. The molecule has 2 aromatic heterocycles. The number of aromatic nitrogens is 3. The zero-order valence-electron chi connectivity index (χ0n) is 19.7. The van der Waals surface area contributed by atoms with Crippen molar-refractivity contribution in [2.75, 3.05) is 20.1 Å². The van der Waals surface area contributed by atoms with Crippen LogP contribution in [0.3, 0.4) is 0 Å². The van der Waals surface area contributed by atoms with Crippen molar-refractivity contribution in [2.24, 2.45) is 10.9 Å². The first kappa shape index (κ1) is 24.4. The molecular formula is C24H26F4N6O2. The predicted octanol–water partition coefficient (Wildman–Crippen LogP) is 4.42. The molecule has 12 heteroatoms. The van der Waals surface area contributed by atoms with E-state index < -0.39 is 18.9 Å². The number of rotatable bonds is 6. The van der Waals surface area contributed by atoms with E-state index in [0.717, 1.165) is 23.8 Å². The van der Waals surface area contributed by atoms with Gasteiger partial charge < -0.3 is 19.3 Å². The van der Waals surface area contributed by atoms with Crippen molar-refractivity contribution in [3.63, 3.8) is 0 Å². The first-order valence-corrected chi connectivity index (χ1v) is 11.9. The van der Waals surface area contributed by atoms with Crippen molar-refractivity contribution < 1.29 is 26.9 Å². The third kappa shape index (κ3) is 5.13. The number of benzene rings is 1. The van der Waals surface area contributed by atoms with Crippen molar-refractivity contribution in [3.8, 4) is 11.5 Å². The molecule has 2 aliphatic rings. The van der Waals surface area contributed by atoms with Crippen molar-refractivity contribution in [2.45, 2.75) is 51.1 Å². The third-order valence-corrected chi connectivity index (χ3v) is 6.69. The van der Waals surface area contributed by atoms with Gasteiger partial charge in [0.25, 0.3) is 0 Å². The average Bonchev–Trinajstić information content (AvgIpc) is 3.37. The number of halogens is 4. The quantitative estimate of drug-likeness (QED) is 0.501. The minimum Gasteiger partial charge on any atom is -0.347 e. The van der Waals surface area contributed by atoms with Crippen LogP contribution in [-0.4, -0.2) is 63.7 Å². The Hall–Kier alpha value is -3.28. The number of aliphatic imine (C=N–C) groups is 1. The molecule has 36 heavy (non-hydrogen) atoms. The van der Waals surface area contributed by atoms with Gasteiger partial charge in [-0.1, -0.05) is 17.6 Å². The van der Waals surface area contributed by atoms with Gasteiger partial charge in [-0.05, 0) is 38.1 Å². The van der Waals surface area contributed by atoms with Gasteiger partial charge >= 0.3 is 6.18 Å². The standard InChI is InChI=1S/C24H26F4N6O2/c1-33-9-8-18(16(25)12-33)30-17-6-3-7-19-15(17)10-20(34(19)13-24(26,27)28)22-31-21(36-32-22)11-29-23(35)14-4-2-5-14/h3,6-7,10,14,16H,2,4-5,8-9,11-13H2,1H3,(H,29,35)/t16-/m0/s1. The molecule has 1 saturated carbocycles. The number of fused-ring (bicyclic) bond motifs is 1. The number of carbonyl (C=O) groups is 1. The molecular weight excluding hydrogens is 480 g/mol. The molecule has 192 valence electrons. The molecule has 1 N–H and O–H groups in total. The summed E-state index contributed by atoms with van der Waals surface area (Å²) in [6.07, 6.45) is -2.63. The number of piperidine rings is 1. The Morgan fingerprint density at radius 1 is 1.31 bits per heavy atom. The minimum atomic E-state index is -4.51. The van der Waals surface area contributed by atoms with E-state index in [9.17, 15) is 22.4 Å². The molecule has 0 bridgehead atoms. The maximum atomic E-state index is 14.6. The summed E-state index contributed by atoms with van der Waals surface area (Å²) in [5, 5.41) is 7.03. The molecule has 3 heterocycles.